The molecule has 0 saturated heterocycles. The van der Waals surface area contributed by atoms with E-state index in [4.69, 9.17) is 0 Å². The summed E-state index contributed by atoms with van der Waals surface area (Å²) in [6.45, 7) is 9.92. The number of hydrogen-bond acceptors (Lipinski definition) is 1. The van der Waals surface area contributed by atoms with Crippen molar-refractivity contribution in [2.45, 2.75) is 33.7 Å². The number of nitrogens with one attached hydrogen (secondary N) is 1. The third-order valence-corrected chi connectivity index (χ3v) is 3.46. The van der Waals surface area contributed by atoms with Crippen molar-refractivity contribution in [2.75, 3.05) is 13.1 Å². The second-order valence-corrected chi connectivity index (χ2v) is 5.45. The van der Waals surface area contributed by atoms with Crippen molar-refractivity contribution in [1.82, 2.24) is 9.88 Å². The Kier molecular flexibility index (Phi) is 4.43. The maximum absolute atomic E-state index is 3.51. The molecule has 98 valence electrons. The molecule has 0 aliphatic rings. The second kappa shape index (κ2) is 6.05. The van der Waals surface area contributed by atoms with Crippen LogP contribution in [-0.2, 0) is 6.54 Å². The van der Waals surface area contributed by atoms with Gasteiger partial charge in [0.05, 0.1) is 0 Å². The molecule has 0 aliphatic carbocycles. The first-order valence-corrected chi connectivity index (χ1v) is 6.93. The SMILES string of the molecule is Cc1cccc2c1ccn2CCNCCC(C)C. The van der Waals surface area contributed by atoms with Gasteiger partial charge in [0.2, 0.25) is 0 Å². The highest BCUT2D eigenvalue weighted by atomic mass is 15.0. The Morgan fingerprint density at radius 2 is 2.00 bits per heavy atom. The van der Waals surface area contributed by atoms with Crippen molar-refractivity contribution in [2.24, 2.45) is 5.92 Å². The standard InChI is InChI=1S/C16H24N2/c1-13(2)7-9-17-10-12-18-11-8-15-14(3)5-4-6-16(15)18/h4-6,8,11,13,17H,7,9-10,12H2,1-3H3. The Labute approximate surface area is 110 Å². The van der Waals surface area contributed by atoms with Crippen LogP contribution in [0.1, 0.15) is 25.8 Å². The van der Waals surface area contributed by atoms with Gasteiger partial charge in [0.1, 0.15) is 0 Å². The quantitative estimate of drug-likeness (QED) is 0.768. The predicted octanol–water partition coefficient (Wildman–Crippen LogP) is 3.59. The molecule has 0 radical (unpaired) electrons. The van der Waals surface area contributed by atoms with Crippen LogP contribution in [0.2, 0.25) is 0 Å². The number of rotatable bonds is 6. The number of aryl methyl sites for hydroxylation is 1. The molecule has 1 aromatic heterocycles. The normalized spacial score (nSPS) is 11.6. The van der Waals surface area contributed by atoms with Crippen molar-refractivity contribution in [3.8, 4) is 0 Å². The largest absolute Gasteiger partial charge is 0.346 e. The summed E-state index contributed by atoms with van der Waals surface area (Å²) < 4.78 is 2.34. The summed E-state index contributed by atoms with van der Waals surface area (Å²) >= 11 is 0. The molecule has 0 fully saturated rings. The monoisotopic (exact) mass is 244 g/mol. The molecule has 2 rings (SSSR count). The minimum Gasteiger partial charge on any atom is -0.346 e. The Bertz CT molecular complexity index is 497. The number of aromatic nitrogens is 1. The zero-order valence-electron chi connectivity index (χ0n) is 11.7. The van der Waals surface area contributed by atoms with Crippen molar-refractivity contribution in [3.63, 3.8) is 0 Å². The van der Waals surface area contributed by atoms with E-state index in [2.05, 4.69) is 61.1 Å². The van der Waals surface area contributed by atoms with E-state index in [-0.39, 0.29) is 0 Å². The van der Waals surface area contributed by atoms with E-state index in [0.29, 0.717) is 0 Å². The van der Waals surface area contributed by atoms with Gasteiger partial charge in [-0.25, -0.2) is 0 Å². The molecule has 0 aliphatic heterocycles. The predicted molar refractivity (Wildman–Crippen MR) is 79.0 cm³/mol. The zero-order chi connectivity index (χ0) is 13.0. The fourth-order valence-electron chi connectivity index (χ4n) is 2.29. The lowest BCUT2D eigenvalue weighted by molar-refractivity contribution is 0.522. The molecular weight excluding hydrogens is 220 g/mol. The molecule has 0 saturated carbocycles. The molecule has 0 bridgehead atoms. The summed E-state index contributed by atoms with van der Waals surface area (Å²) in [5.74, 6) is 0.785. The molecule has 2 aromatic rings. The van der Waals surface area contributed by atoms with Crippen LogP contribution in [0.3, 0.4) is 0 Å². The Morgan fingerprint density at radius 3 is 2.78 bits per heavy atom. The molecule has 18 heavy (non-hydrogen) atoms. The molecule has 0 spiro atoms. The number of fused-ring (bicyclic) bond motifs is 1. The van der Waals surface area contributed by atoms with Gasteiger partial charge >= 0.3 is 0 Å². The highest BCUT2D eigenvalue weighted by Crippen LogP contribution is 2.19. The Balaban J connectivity index is 1.90. The summed E-state index contributed by atoms with van der Waals surface area (Å²) in [6, 6.07) is 8.74. The van der Waals surface area contributed by atoms with Crippen LogP contribution in [0.15, 0.2) is 30.5 Å². The molecule has 2 nitrogen and oxygen atoms in total. The average Bonchev–Trinajstić information content (AvgIpc) is 2.73. The average molecular weight is 244 g/mol. The molecule has 0 amide bonds. The topological polar surface area (TPSA) is 17.0 Å². The molecular formula is C16H24N2. The van der Waals surface area contributed by atoms with Gasteiger partial charge in [-0.05, 0) is 43.5 Å². The third-order valence-electron chi connectivity index (χ3n) is 3.46. The van der Waals surface area contributed by atoms with Crippen molar-refractivity contribution in [1.29, 1.82) is 0 Å². The molecule has 1 aromatic carbocycles. The van der Waals surface area contributed by atoms with Crippen molar-refractivity contribution >= 4 is 10.9 Å². The minimum atomic E-state index is 0.785. The van der Waals surface area contributed by atoms with E-state index >= 15 is 0 Å². The van der Waals surface area contributed by atoms with Crippen molar-refractivity contribution in [3.05, 3.63) is 36.0 Å². The van der Waals surface area contributed by atoms with Gasteiger partial charge in [0.25, 0.3) is 0 Å². The van der Waals surface area contributed by atoms with E-state index < -0.39 is 0 Å². The highest BCUT2D eigenvalue weighted by molar-refractivity contribution is 5.83. The van der Waals surface area contributed by atoms with E-state index in [0.717, 1.165) is 25.6 Å². The number of nitrogens with zero attached hydrogens (tertiary/aromatic N) is 1. The van der Waals surface area contributed by atoms with E-state index in [9.17, 15) is 0 Å². The van der Waals surface area contributed by atoms with Gasteiger partial charge in [0.15, 0.2) is 0 Å². The molecule has 2 heteroatoms. The highest BCUT2D eigenvalue weighted by Gasteiger charge is 2.02. The molecule has 0 unspecified atom stereocenters. The van der Waals surface area contributed by atoms with Crippen LogP contribution in [0, 0.1) is 12.8 Å². The molecule has 0 atom stereocenters. The van der Waals surface area contributed by atoms with Crippen LogP contribution < -0.4 is 5.32 Å². The van der Waals surface area contributed by atoms with E-state index in [1.807, 2.05) is 0 Å². The Morgan fingerprint density at radius 1 is 1.17 bits per heavy atom. The second-order valence-electron chi connectivity index (χ2n) is 5.45. The van der Waals surface area contributed by atoms with Crippen LogP contribution in [-0.4, -0.2) is 17.7 Å². The lowest BCUT2D eigenvalue weighted by Crippen LogP contribution is -2.21. The number of benzene rings is 1. The lowest BCUT2D eigenvalue weighted by atomic mass is 10.1. The smallest absolute Gasteiger partial charge is 0.0483 e. The van der Waals surface area contributed by atoms with Gasteiger partial charge < -0.3 is 9.88 Å². The molecule has 1 N–H and O–H groups in total. The van der Waals surface area contributed by atoms with Gasteiger partial charge in [-0.2, -0.15) is 0 Å². The maximum Gasteiger partial charge on any atom is 0.0483 e. The van der Waals surface area contributed by atoms with Crippen LogP contribution in [0.4, 0.5) is 0 Å². The number of hydrogen-bond donors (Lipinski definition) is 1. The van der Waals surface area contributed by atoms with Crippen LogP contribution >= 0.6 is 0 Å². The van der Waals surface area contributed by atoms with E-state index in [1.165, 1.54) is 22.9 Å². The van der Waals surface area contributed by atoms with Gasteiger partial charge in [0, 0.05) is 30.2 Å². The summed E-state index contributed by atoms with van der Waals surface area (Å²) in [5.41, 5.74) is 2.71. The molecule has 1 heterocycles. The third kappa shape index (κ3) is 3.14. The summed E-state index contributed by atoms with van der Waals surface area (Å²) in [4.78, 5) is 0. The Hall–Kier alpha value is -1.28. The van der Waals surface area contributed by atoms with Crippen molar-refractivity contribution < 1.29 is 0 Å². The first kappa shape index (κ1) is 13.2. The fourth-order valence-corrected chi connectivity index (χ4v) is 2.29. The summed E-state index contributed by atoms with van der Waals surface area (Å²) in [5, 5.41) is 4.89. The summed E-state index contributed by atoms with van der Waals surface area (Å²) in [7, 11) is 0. The first-order valence-electron chi connectivity index (χ1n) is 6.93. The van der Waals surface area contributed by atoms with Gasteiger partial charge in [-0.3, -0.25) is 0 Å². The van der Waals surface area contributed by atoms with Crippen LogP contribution in [0.25, 0.3) is 10.9 Å². The zero-order valence-corrected chi connectivity index (χ0v) is 11.7. The minimum absolute atomic E-state index is 0.785. The van der Waals surface area contributed by atoms with Gasteiger partial charge in [-0.15, -0.1) is 0 Å². The summed E-state index contributed by atoms with van der Waals surface area (Å²) in [6.07, 6.45) is 3.45. The lowest BCUT2D eigenvalue weighted by Gasteiger charge is -2.09. The first-order chi connectivity index (χ1) is 8.68. The van der Waals surface area contributed by atoms with Crippen LogP contribution in [0.5, 0.6) is 0 Å². The maximum atomic E-state index is 3.51. The van der Waals surface area contributed by atoms with E-state index in [1.54, 1.807) is 0 Å². The van der Waals surface area contributed by atoms with Gasteiger partial charge in [-0.1, -0.05) is 26.0 Å². The fraction of sp³-hybridized carbons (Fsp3) is 0.500.